The topological polar surface area (TPSA) is 83.3 Å². The van der Waals surface area contributed by atoms with E-state index in [0.29, 0.717) is 30.8 Å². The summed E-state index contributed by atoms with van der Waals surface area (Å²) in [5, 5.41) is 9.03. The zero-order valence-corrected chi connectivity index (χ0v) is 16.8. The number of para-hydroxylation sites is 1. The number of oxazole rings is 1. The Morgan fingerprint density at radius 1 is 0.900 bits per heavy atom. The number of piperidine rings is 1. The Morgan fingerprint density at radius 3 is 2.60 bits per heavy atom. The Morgan fingerprint density at radius 2 is 1.73 bits per heavy atom. The van der Waals surface area contributed by atoms with Gasteiger partial charge in [0.2, 0.25) is 5.65 Å². The van der Waals surface area contributed by atoms with E-state index in [9.17, 15) is 0 Å². The molecule has 0 bridgehead atoms. The number of nitrogens with zero attached hydrogens (tertiary/aromatic N) is 5. The van der Waals surface area contributed by atoms with Gasteiger partial charge in [0.1, 0.15) is 5.82 Å². The lowest BCUT2D eigenvalue weighted by molar-refractivity contribution is 0.120. The van der Waals surface area contributed by atoms with Gasteiger partial charge in [-0.2, -0.15) is 10.1 Å². The molecule has 0 saturated carbocycles. The maximum atomic E-state index is 5.92. The van der Waals surface area contributed by atoms with E-state index in [1.54, 1.807) is 0 Å². The number of benzene rings is 1. The number of rotatable bonds is 3. The molecule has 1 N–H and O–H groups in total. The summed E-state index contributed by atoms with van der Waals surface area (Å²) in [6.07, 6.45) is 2.12. The van der Waals surface area contributed by atoms with Crippen molar-refractivity contribution >= 4 is 34.0 Å². The molecule has 2 aliphatic heterocycles. The minimum absolute atomic E-state index is 0.473. The molecule has 0 aliphatic carbocycles. The number of aromatic amines is 1. The minimum Gasteiger partial charge on any atom is -0.422 e. The summed E-state index contributed by atoms with van der Waals surface area (Å²) in [4.78, 5) is 13.9. The first kappa shape index (κ1) is 17.7. The van der Waals surface area contributed by atoms with Crippen LogP contribution in [0.25, 0.3) is 22.1 Å². The lowest BCUT2D eigenvalue weighted by atomic mass is 9.91. The van der Waals surface area contributed by atoms with Crippen LogP contribution in [0.4, 0.5) is 11.8 Å². The van der Waals surface area contributed by atoms with E-state index in [-0.39, 0.29) is 0 Å². The van der Waals surface area contributed by atoms with Crippen molar-refractivity contribution < 1.29 is 9.15 Å². The maximum absolute atomic E-state index is 5.92. The van der Waals surface area contributed by atoms with Crippen LogP contribution in [0.2, 0.25) is 0 Å². The number of ether oxygens (including phenoxy) is 1. The Bertz CT molecular complexity index is 1170. The minimum atomic E-state index is 0.473. The zero-order chi connectivity index (χ0) is 19.9. The normalized spacial score (nSPS) is 18.5. The summed E-state index contributed by atoms with van der Waals surface area (Å²) in [6, 6.07) is 13.0. The fourth-order valence-corrected chi connectivity index (χ4v) is 4.54. The van der Waals surface area contributed by atoms with Crippen LogP contribution in [0, 0.1) is 0 Å². The van der Waals surface area contributed by atoms with Crippen LogP contribution >= 0.6 is 0 Å². The van der Waals surface area contributed by atoms with Crippen LogP contribution in [0.1, 0.15) is 24.5 Å². The third-order valence-electron chi connectivity index (χ3n) is 6.21. The second kappa shape index (κ2) is 7.28. The van der Waals surface area contributed by atoms with Gasteiger partial charge >= 0.3 is 0 Å². The molecular formula is C22H24N6O2. The first-order valence-corrected chi connectivity index (χ1v) is 10.6. The molecule has 1 aromatic carbocycles. The molecule has 2 aliphatic rings. The number of morpholine rings is 1. The molecule has 2 fully saturated rings. The summed E-state index contributed by atoms with van der Waals surface area (Å²) in [6.45, 7) is 4.93. The van der Waals surface area contributed by atoms with Gasteiger partial charge < -0.3 is 19.0 Å². The first-order valence-electron chi connectivity index (χ1n) is 10.6. The fourth-order valence-electron chi connectivity index (χ4n) is 4.54. The number of nitrogens with one attached hydrogen (secondary N) is 1. The van der Waals surface area contributed by atoms with Crippen molar-refractivity contribution in [3.63, 3.8) is 0 Å². The summed E-state index contributed by atoms with van der Waals surface area (Å²) in [5.74, 6) is 1.44. The highest BCUT2D eigenvalue weighted by Gasteiger charge is 2.25. The predicted molar refractivity (Wildman–Crippen MR) is 115 cm³/mol. The second-order valence-corrected chi connectivity index (χ2v) is 8.00. The SMILES string of the molecule is c1ccc2c(C3CCN(c4ccc5oc(N6CCOCC6)nc5n4)CC3)n[nH]c2c1. The van der Waals surface area contributed by atoms with Crippen LogP contribution < -0.4 is 9.80 Å². The van der Waals surface area contributed by atoms with Crippen molar-refractivity contribution in [2.75, 3.05) is 49.2 Å². The molecule has 2 saturated heterocycles. The van der Waals surface area contributed by atoms with Crippen molar-refractivity contribution in [1.82, 2.24) is 20.2 Å². The Kier molecular flexibility index (Phi) is 4.30. The first-order chi connectivity index (χ1) is 14.8. The van der Waals surface area contributed by atoms with Gasteiger partial charge in [-0.25, -0.2) is 4.98 Å². The summed E-state index contributed by atoms with van der Waals surface area (Å²) in [5.41, 5.74) is 3.72. The van der Waals surface area contributed by atoms with E-state index < -0.39 is 0 Å². The highest BCUT2D eigenvalue weighted by molar-refractivity contribution is 5.81. The van der Waals surface area contributed by atoms with Gasteiger partial charge in [-0.05, 0) is 31.0 Å². The lowest BCUT2D eigenvalue weighted by Crippen LogP contribution is -2.36. The van der Waals surface area contributed by atoms with Gasteiger partial charge in [0.25, 0.3) is 6.01 Å². The van der Waals surface area contributed by atoms with Crippen molar-refractivity contribution in [3.05, 3.63) is 42.1 Å². The van der Waals surface area contributed by atoms with E-state index in [1.165, 1.54) is 11.1 Å². The molecule has 0 radical (unpaired) electrons. The van der Waals surface area contributed by atoms with Gasteiger partial charge in [-0.1, -0.05) is 18.2 Å². The average Bonchev–Trinajstić information content (AvgIpc) is 3.44. The van der Waals surface area contributed by atoms with Crippen LogP contribution in [-0.4, -0.2) is 59.6 Å². The summed E-state index contributed by atoms with van der Waals surface area (Å²) < 4.78 is 11.3. The third kappa shape index (κ3) is 3.08. The molecule has 4 aromatic rings. The summed E-state index contributed by atoms with van der Waals surface area (Å²) in [7, 11) is 0. The number of anilines is 2. The highest BCUT2D eigenvalue weighted by atomic mass is 16.5. The molecule has 8 heteroatoms. The quantitative estimate of drug-likeness (QED) is 0.561. The van der Waals surface area contributed by atoms with E-state index in [4.69, 9.17) is 14.1 Å². The van der Waals surface area contributed by atoms with Gasteiger partial charge in [0.05, 0.1) is 24.4 Å². The lowest BCUT2D eigenvalue weighted by Gasteiger charge is -2.32. The Labute approximate surface area is 173 Å². The molecule has 30 heavy (non-hydrogen) atoms. The molecule has 0 unspecified atom stereocenters. The van der Waals surface area contributed by atoms with E-state index >= 15 is 0 Å². The Hall–Kier alpha value is -3.13. The number of fused-ring (bicyclic) bond motifs is 2. The Balaban J connectivity index is 1.19. The van der Waals surface area contributed by atoms with E-state index in [0.717, 1.165) is 55.9 Å². The predicted octanol–water partition coefficient (Wildman–Crippen LogP) is 3.32. The number of pyridine rings is 1. The molecular weight excluding hydrogens is 380 g/mol. The smallest absolute Gasteiger partial charge is 0.300 e. The van der Waals surface area contributed by atoms with Gasteiger partial charge in [0.15, 0.2) is 5.58 Å². The molecule has 5 heterocycles. The molecule has 154 valence electrons. The van der Waals surface area contributed by atoms with Gasteiger partial charge in [-0.15, -0.1) is 0 Å². The zero-order valence-electron chi connectivity index (χ0n) is 16.8. The van der Waals surface area contributed by atoms with E-state index in [2.05, 4.69) is 43.2 Å². The molecule has 0 atom stereocenters. The molecule has 0 spiro atoms. The number of hydrogen-bond donors (Lipinski definition) is 1. The molecule has 0 amide bonds. The van der Waals surface area contributed by atoms with Crippen molar-refractivity contribution in [3.8, 4) is 0 Å². The van der Waals surface area contributed by atoms with Crippen LogP contribution in [0.3, 0.4) is 0 Å². The number of hydrogen-bond acceptors (Lipinski definition) is 7. The molecule has 8 nitrogen and oxygen atoms in total. The fraction of sp³-hybridized carbons (Fsp3) is 0.409. The number of aromatic nitrogens is 4. The molecule has 6 rings (SSSR count). The van der Waals surface area contributed by atoms with E-state index in [1.807, 2.05) is 18.2 Å². The van der Waals surface area contributed by atoms with Crippen molar-refractivity contribution in [2.24, 2.45) is 0 Å². The second-order valence-electron chi connectivity index (χ2n) is 8.00. The maximum Gasteiger partial charge on any atom is 0.300 e. The van der Waals surface area contributed by atoms with Crippen molar-refractivity contribution in [2.45, 2.75) is 18.8 Å². The van der Waals surface area contributed by atoms with Gasteiger partial charge in [-0.3, -0.25) is 5.10 Å². The van der Waals surface area contributed by atoms with Gasteiger partial charge in [0, 0.05) is 37.5 Å². The third-order valence-corrected chi connectivity index (χ3v) is 6.21. The number of H-pyrrole nitrogens is 1. The average molecular weight is 404 g/mol. The monoisotopic (exact) mass is 404 g/mol. The van der Waals surface area contributed by atoms with Crippen molar-refractivity contribution in [1.29, 1.82) is 0 Å². The van der Waals surface area contributed by atoms with Crippen LogP contribution in [-0.2, 0) is 4.74 Å². The molecule has 3 aromatic heterocycles. The van der Waals surface area contributed by atoms with Crippen LogP contribution in [0.15, 0.2) is 40.8 Å². The highest BCUT2D eigenvalue weighted by Crippen LogP contribution is 2.33. The largest absolute Gasteiger partial charge is 0.422 e. The summed E-state index contributed by atoms with van der Waals surface area (Å²) >= 11 is 0. The standard InChI is InChI=1S/C22H24N6O2/c1-2-4-17-16(3-1)20(26-25-17)15-7-9-27(10-8-15)19-6-5-18-21(23-19)24-22(30-18)28-11-13-29-14-12-28/h1-6,15H,7-14H2,(H,25,26). The van der Waals surface area contributed by atoms with Crippen LogP contribution in [0.5, 0.6) is 0 Å².